The highest BCUT2D eigenvalue weighted by Gasteiger charge is 2.32. The van der Waals surface area contributed by atoms with Gasteiger partial charge in [0.1, 0.15) is 11.3 Å². The summed E-state index contributed by atoms with van der Waals surface area (Å²) in [6.07, 6.45) is 3.46. The molecule has 3 heteroatoms. The van der Waals surface area contributed by atoms with Gasteiger partial charge in [-0.3, -0.25) is 0 Å². The minimum absolute atomic E-state index is 0.209. The third-order valence-electron chi connectivity index (χ3n) is 4.75. The molecule has 0 amide bonds. The van der Waals surface area contributed by atoms with Crippen LogP contribution >= 0.6 is 11.6 Å². The van der Waals surface area contributed by atoms with Crippen LogP contribution in [-0.2, 0) is 0 Å². The van der Waals surface area contributed by atoms with E-state index in [4.69, 9.17) is 21.8 Å². The molecule has 3 rings (SSSR count). The quantitative estimate of drug-likeness (QED) is 0.850. The highest BCUT2D eigenvalue weighted by atomic mass is 35.5. The zero-order chi connectivity index (χ0) is 14.3. The van der Waals surface area contributed by atoms with Gasteiger partial charge in [0, 0.05) is 22.4 Å². The lowest BCUT2D eigenvalue weighted by atomic mass is 9.73. The van der Waals surface area contributed by atoms with Crippen molar-refractivity contribution in [3.63, 3.8) is 0 Å². The molecule has 2 nitrogen and oxygen atoms in total. The van der Waals surface area contributed by atoms with Crippen LogP contribution in [0.1, 0.15) is 44.8 Å². The second-order valence-electron chi connectivity index (χ2n) is 6.42. The Morgan fingerprint density at radius 3 is 2.80 bits per heavy atom. The number of benzene rings is 1. The molecule has 2 N–H and O–H groups in total. The normalized spacial score (nSPS) is 27.4. The number of nitrogens with two attached hydrogens (primary N) is 1. The lowest BCUT2D eigenvalue weighted by Crippen LogP contribution is -2.35. The molecule has 1 aromatic heterocycles. The van der Waals surface area contributed by atoms with Crippen LogP contribution < -0.4 is 5.73 Å². The minimum Gasteiger partial charge on any atom is -0.461 e. The van der Waals surface area contributed by atoms with Crippen LogP contribution in [-0.4, -0.2) is 6.04 Å². The van der Waals surface area contributed by atoms with Gasteiger partial charge in [-0.15, -0.1) is 0 Å². The van der Waals surface area contributed by atoms with Gasteiger partial charge < -0.3 is 10.2 Å². The lowest BCUT2D eigenvalue weighted by Gasteiger charge is -2.35. The molecular weight excluding hydrogens is 270 g/mol. The fourth-order valence-corrected chi connectivity index (χ4v) is 3.56. The van der Waals surface area contributed by atoms with Crippen LogP contribution in [0.5, 0.6) is 0 Å². The van der Waals surface area contributed by atoms with Crippen LogP contribution in [0.2, 0.25) is 5.02 Å². The molecule has 1 aliphatic carbocycles. The van der Waals surface area contributed by atoms with Crippen molar-refractivity contribution in [1.29, 1.82) is 0 Å². The Morgan fingerprint density at radius 1 is 1.25 bits per heavy atom. The average Bonchev–Trinajstić information content (AvgIpc) is 2.81. The summed E-state index contributed by atoms with van der Waals surface area (Å²) >= 11 is 6.04. The maximum Gasteiger partial charge on any atom is 0.134 e. The third-order valence-corrected chi connectivity index (χ3v) is 4.99. The van der Waals surface area contributed by atoms with E-state index in [0.29, 0.717) is 11.8 Å². The Bertz CT molecular complexity index is 604. The molecule has 0 bridgehead atoms. The molecule has 108 valence electrons. The fourth-order valence-electron chi connectivity index (χ4n) is 3.38. The standard InChI is InChI=1S/C17H22ClNO/c1-10(2)11-3-5-15(19)14(8-11)17-9-12-7-13(18)4-6-16(12)20-17/h4,6-7,9-11,14-15H,3,5,8,19H2,1-2H3. The van der Waals surface area contributed by atoms with Crippen molar-refractivity contribution in [2.75, 3.05) is 0 Å². The van der Waals surface area contributed by atoms with Gasteiger partial charge >= 0.3 is 0 Å². The summed E-state index contributed by atoms with van der Waals surface area (Å²) in [5.41, 5.74) is 7.24. The van der Waals surface area contributed by atoms with Gasteiger partial charge in [-0.1, -0.05) is 25.4 Å². The molecule has 1 fully saturated rings. The first-order chi connectivity index (χ1) is 9.54. The summed E-state index contributed by atoms with van der Waals surface area (Å²) in [5.74, 6) is 2.82. The van der Waals surface area contributed by atoms with Gasteiger partial charge in [-0.05, 0) is 55.4 Å². The van der Waals surface area contributed by atoms with E-state index in [1.165, 1.54) is 6.42 Å². The van der Waals surface area contributed by atoms with Gasteiger partial charge in [-0.25, -0.2) is 0 Å². The summed E-state index contributed by atoms with van der Waals surface area (Å²) in [5, 5.41) is 1.82. The first-order valence-corrected chi connectivity index (χ1v) is 7.87. The van der Waals surface area contributed by atoms with E-state index in [1.807, 2.05) is 18.2 Å². The molecule has 0 saturated heterocycles. The van der Waals surface area contributed by atoms with Crippen molar-refractivity contribution in [1.82, 2.24) is 0 Å². The Labute approximate surface area is 125 Å². The zero-order valence-electron chi connectivity index (χ0n) is 12.1. The number of halogens is 1. The van der Waals surface area contributed by atoms with Crippen molar-refractivity contribution in [2.24, 2.45) is 17.6 Å². The van der Waals surface area contributed by atoms with Crippen molar-refractivity contribution in [3.05, 3.63) is 35.0 Å². The van der Waals surface area contributed by atoms with Gasteiger partial charge in [0.25, 0.3) is 0 Å². The number of furan rings is 1. The highest BCUT2D eigenvalue weighted by molar-refractivity contribution is 6.31. The summed E-state index contributed by atoms with van der Waals surface area (Å²) in [4.78, 5) is 0. The zero-order valence-corrected chi connectivity index (χ0v) is 12.9. The Hall–Kier alpha value is -0.990. The van der Waals surface area contributed by atoms with Gasteiger partial charge in [0.05, 0.1) is 0 Å². The summed E-state index contributed by atoms with van der Waals surface area (Å²) in [7, 11) is 0. The minimum atomic E-state index is 0.209. The average molecular weight is 292 g/mol. The van der Waals surface area contributed by atoms with E-state index in [0.717, 1.165) is 40.5 Å². The third kappa shape index (κ3) is 2.59. The SMILES string of the molecule is CC(C)C1CCC(N)C(c2cc3cc(Cl)ccc3o2)C1. The molecule has 1 aliphatic rings. The molecule has 3 unspecified atom stereocenters. The van der Waals surface area contributed by atoms with E-state index < -0.39 is 0 Å². The van der Waals surface area contributed by atoms with Gasteiger partial charge in [0.2, 0.25) is 0 Å². The summed E-state index contributed by atoms with van der Waals surface area (Å²) in [6, 6.07) is 8.10. The molecule has 20 heavy (non-hydrogen) atoms. The topological polar surface area (TPSA) is 39.2 Å². The number of hydrogen-bond acceptors (Lipinski definition) is 2. The van der Waals surface area contributed by atoms with Crippen molar-refractivity contribution >= 4 is 22.6 Å². The molecule has 3 atom stereocenters. The Morgan fingerprint density at radius 2 is 2.05 bits per heavy atom. The van der Waals surface area contributed by atoms with Crippen LogP contribution in [0.3, 0.4) is 0 Å². The summed E-state index contributed by atoms with van der Waals surface area (Å²) in [6.45, 7) is 4.61. The van der Waals surface area contributed by atoms with E-state index in [9.17, 15) is 0 Å². The molecule has 1 aromatic carbocycles. The Balaban J connectivity index is 1.92. The molecule has 0 spiro atoms. The van der Waals surface area contributed by atoms with Crippen LogP contribution in [0.4, 0.5) is 0 Å². The molecule has 1 heterocycles. The van der Waals surface area contributed by atoms with Crippen molar-refractivity contribution < 1.29 is 4.42 Å². The largest absolute Gasteiger partial charge is 0.461 e. The predicted molar refractivity (Wildman–Crippen MR) is 84.1 cm³/mol. The Kier molecular flexibility index (Phi) is 3.78. The van der Waals surface area contributed by atoms with E-state index in [-0.39, 0.29) is 6.04 Å². The molecule has 2 aromatic rings. The molecule has 0 aliphatic heterocycles. The van der Waals surface area contributed by atoms with E-state index in [2.05, 4.69) is 19.9 Å². The van der Waals surface area contributed by atoms with Crippen LogP contribution in [0.25, 0.3) is 11.0 Å². The molecule has 0 radical (unpaired) electrons. The number of fused-ring (bicyclic) bond motifs is 1. The molecule has 1 saturated carbocycles. The van der Waals surface area contributed by atoms with Crippen LogP contribution in [0, 0.1) is 11.8 Å². The van der Waals surface area contributed by atoms with E-state index in [1.54, 1.807) is 0 Å². The van der Waals surface area contributed by atoms with Gasteiger partial charge in [-0.2, -0.15) is 0 Å². The van der Waals surface area contributed by atoms with Crippen LogP contribution in [0.15, 0.2) is 28.7 Å². The number of rotatable bonds is 2. The second kappa shape index (κ2) is 5.42. The van der Waals surface area contributed by atoms with Gasteiger partial charge in [0.15, 0.2) is 0 Å². The first kappa shape index (κ1) is 14.0. The fraction of sp³-hybridized carbons (Fsp3) is 0.529. The number of hydrogen-bond donors (Lipinski definition) is 1. The highest BCUT2D eigenvalue weighted by Crippen LogP contribution is 2.40. The first-order valence-electron chi connectivity index (χ1n) is 7.49. The maximum absolute atomic E-state index is 6.34. The monoisotopic (exact) mass is 291 g/mol. The van der Waals surface area contributed by atoms with Crippen molar-refractivity contribution in [2.45, 2.75) is 45.1 Å². The smallest absolute Gasteiger partial charge is 0.134 e. The maximum atomic E-state index is 6.34. The predicted octanol–water partition coefficient (Wildman–Crippen LogP) is 4.95. The second-order valence-corrected chi connectivity index (χ2v) is 6.85. The summed E-state index contributed by atoms with van der Waals surface area (Å²) < 4.78 is 6.02. The molecular formula is C17H22ClNO. The lowest BCUT2D eigenvalue weighted by molar-refractivity contribution is 0.218. The van der Waals surface area contributed by atoms with Crippen molar-refractivity contribution in [3.8, 4) is 0 Å². The van der Waals surface area contributed by atoms with E-state index >= 15 is 0 Å².